The second-order valence-electron chi connectivity index (χ2n) is 5.43. The number of anilines is 1. The largest absolute Gasteiger partial charge is 0.407 e. The van der Waals surface area contributed by atoms with Crippen molar-refractivity contribution in [2.75, 3.05) is 5.32 Å². The molecular weight excluding hydrogens is 415 g/mol. The summed E-state index contributed by atoms with van der Waals surface area (Å²) < 4.78 is 28.9. The Labute approximate surface area is 164 Å². The Morgan fingerprint density at radius 2 is 1.89 bits per heavy atom. The highest BCUT2D eigenvalue weighted by Gasteiger charge is 2.21. The second-order valence-corrected chi connectivity index (χ2v) is 7.69. The molecule has 0 aliphatic carbocycles. The van der Waals surface area contributed by atoms with Crippen LogP contribution in [0.1, 0.15) is 5.56 Å². The summed E-state index contributed by atoms with van der Waals surface area (Å²) in [5.74, 6) is -0.491. The van der Waals surface area contributed by atoms with Gasteiger partial charge < -0.3 is 9.73 Å². The van der Waals surface area contributed by atoms with Crippen LogP contribution in [0.5, 0.6) is 0 Å². The molecule has 0 saturated heterocycles. The van der Waals surface area contributed by atoms with E-state index in [0.717, 1.165) is 0 Å². The first-order chi connectivity index (χ1) is 12.7. The lowest BCUT2D eigenvalue weighted by atomic mass is 10.1. The minimum Gasteiger partial charge on any atom is -0.407 e. The zero-order valence-corrected chi connectivity index (χ0v) is 15.8. The Morgan fingerprint density at radius 1 is 1.15 bits per heavy atom. The van der Waals surface area contributed by atoms with Gasteiger partial charge in [-0.2, -0.15) is 0 Å². The number of sulfonamides is 1. The topological polar surface area (TPSA) is 128 Å². The zero-order valence-electron chi connectivity index (χ0n) is 13.5. The van der Waals surface area contributed by atoms with Gasteiger partial charge in [0, 0.05) is 10.7 Å². The van der Waals surface area contributed by atoms with E-state index in [4.69, 9.17) is 32.8 Å². The summed E-state index contributed by atoms with van der Waals surface area (Å²) in [5.41, 5.74) is 0.937. The molecule has 3 rings (SSSR count). The molecule has 0 saturated carbocycles. The molecule has 0 fully saturated rings. The average Bonchev–Trinajstić information content (AvgIpc) is 3.02. The van der Waals surface area contributed by atoms with E-state index in [1.165, 1.54) is 18.2 Å². The van der Waals surface area contributed by atoms with Gasteiger partial charge >= 0.3 is 5.35 Å². The van der Waals surface area contributed by atoms with Crippen molar-refractivity contribution in [1.82, 2.24) is 10.2 Å². The molecule has 0 bridgehead atoms. The molecular formula is C16H12Cl2N4O4S. The fourth-order valence-corrected chi connectivity index (χ4v) is 3.41. The summed E-state index contributed by atoms with van der Waals surface area (Å²) in [6.45, 7) is 0. The SMILES string of the molecule is NS(=O)(=O)c1cc(NC(=O)Cc2ccccc2Cl)ccc1-c1nnc(Cl)o1. The highest BCUT2D eigenvalue weighted by atomic mass is 35.5. The quantitative estimate of drug-likeness (QED) is 0.645. The Hall–Kier alpha value is -2.46. The monoisotopic (exact) mass is 426 g/mol. The highest BCUT2D eigenvalue weighted by molar-refractivity contribution is 7.89. The van der Waals surface area contributed by atoms with Crippen LogP contribution in [-0.2, 0) is 21.2 Å². The smallest absolute Gasteiger partial charge is 0.313 e. The molecule has 1 amide bonds. The third-order valence-corrected chi connectivity index (χ3v) is 4.98. The normalized spacial score (nSPS) is 11.4. The summed E-state index contributed by atoms with van der Waals surface area (Å²) in [7, 11) is -4.14. The van der Waals surface area contributed by atoms with Crippen molar-refractivity contribution < 1.29 is 17.6 Å². The van der Waals surface area contributed by atoms with Crippen LogP contribution < -0.4 is 10.5 Å². The van der Waals surface area contributed by atoms with E-state index in [1.54, 1.807) is 24.3 Å². The molecule has 0 unspecified atom stereocenters. The van der Waals surface area contributed by atoms with Crippen LogP contribution in [-0.4, -0.2) is 24.5 Å². The first kappa shape index (κ1) is 19.3. The van der Waals surface area contributed by atoms with Gasteiger partial charge in [-0.15, -0.1) is 5.10 Å². The number of carbonyl (C=O) groups excluding carboxylic acids is 1. The number of nitrogens with zero attached hydrogens (tertiary/aromatic N) is 2. The number of hydrogen-bond donors (Lipinski definition) is 2. The van der Waals surface area contributed by atoms with Crippen LogP contribution in [0.25, 0.3) is 11.5 Å². The molecule has 8 nitrogen and oxygen atoms in total. The first-order valence-corrected chi connectivity index (χ1v) is 9.74. The van der Waals surface area contributed by atoms with E-state index in [-0.39, 0.29) is 39.7 Å². The summed E-state index contributed by atoms with van der Waals surface area (Å²) in [5, 5.41) is 15.2. The Morgan fingerprint density at radius 3 is 2.52 bits per heavy atom. The van der Waals surface area contributed by atoms with Crippen LogP contribution in [0.15, 0.2) is 51.8 Å². The van der Waals surface area contributed by atoms with Gasteiger partial charge in [-0.05, 0) is 41.4 Å². The molecule has 0 aliphatic heterocycles. The zero-order chi connectivity index (χ0) is 19.6. The van der Waals surface area contributed by atoms with E-state index in [9.17, 15) is 13.2 Å². The number of nitrogens with two attached hydrogens (primary N) is 1. The van der Waals surface area contributed by atoms with Crippen LogP contribution in [0, 0.1) is 0 Å². The maximum Gasteiger partial charge on any atom is 0.313 e. The van der Waals surface area contributed by atoms with E-state index < -0.39 is 10.0 Å². The Balaban J connectivity index is 1.89. The lowest BCUT2D eigenvalue weighted by Crippen LogP contribution is -2.17. The van der Waals surface area contributed by atoms with E-state index in [0.29, 0.717) is 10.6 Å². The van der Waals surface area contributed by atoms with Crippen molar-refractivity contribution in [3.05, 3.63) is 58.4 Å². The molecule has 27 heavy (non-hydrogen) atoms. The summed E-state index contributed by atoms with van der Waals surface area (Å²) in [4.78, 5) is 12.0. The molecule has 0 aliphatic rings. The number of carbonyl (C=O) groups is 1. The van der Waals surface area contributed by atoms with E-state index in [1.807, 2.05) is 0 Å². The minimum absolute atomic E-state index is 0.0192. The fraction of sp³-hybridized carbons (Fsp3) is 0.0625. The van der Waals surface area contributed by atoms with Gasteiger partial charge in [-0.1, -0.05) is 34.9 Å². The molecule has 0 radical (unpaired) electrons. The van der Waals surface area contributed by atoms with Gasteiger partial charge in [-0.25, -0.2) is 13.6 Å². The molecule has 3 aromatic rings. The maximum atomic E-state index is 12.2. The van der Waals surface area contributed by atoms with Crippen LogP contribution >= 0.6 is 23.2 Å². The third kappa shape index (κ3) is 4.64. The minimum atomic E-state index is -4.14. The number of hydrogen-bond acceptors (Lipinski definition) is 6. The predicted octanol–water partition coefficient (Wildman–Crippen LogP) is 2.87. The number of primary sulfonamides is 1. The average molecular weight is 427 g/mol. The Kier molecular flexibility index (Phi) is 5.47. The fourth-order valence-electron chi connectivity index (χ4n) is 2.35. The molecule has 0 atom stereocenters. The van der Waals surface area contributed by atoms with Gasteiger partial charge in [0.05, 0.1) is 16.9 Å². The first-order valence-electron chi connectivity index (χ1n) is 7.43. The van der Waals surface area contributed by atoms with E-state index >= 15 is 0 Å². The summed E-state index contributed by atoms with van der Waals surface area (Å²) in [6, 6.07) is 11.0. The number of amides is 1. The second kappa shape index (κ2) is 7.65. The number of benzene rings is 2. The molecule has 0 spiro atoms. The number of rotatable bonds is 5. The summed E-state index contributed by atoms with van der Waals surface area (Å²) in [6.07, 6.45) is 0.0192. The van der Waals surface area contributed by atoms with Gasteiger partial charge in [-0.3, -0.25) is 4.79 Å². The van der Waals surface area contributed by atoms with Gasteiger partial charge in [0.2, 0.25) is 21.8 Å². The molecule has 2 aromatic carbocycles. The van der Waals surface area contributed by atoms with Crippen molar-refractivity contribution in [3.63, 3.8) is 0 Å². The molecule has 1 heterocycles. The van der Waals surface area contributed by atoms with Crippen LogP contribution in [0.3, 0.4) is 0 Å². The molecule has 1 aromatic heterocycles. The maximum absolute atomic E-state index is 12.2. The lowest BCUT2D eigenvalue weighted by Gasteiger charge is -2.10. The van der Waals surface area contributed by atoms with Crippen molar-refractivity contribution in [2.45, 2.75) is 11.3 Å². The lowest BCUT2D eigenvalue weighted by molar-refractivity contribution is -0.115. The predicted molar refractivity (Wildman–Crippen MR) is 99.9 cm³/mol. The standard InChI is InChI=1S/C16H12Cl2N4O4S/c17-12-4-2-1-3-9(12)7-14(23)20-10-5-6-11(13(8-10)27(19,24)25)15-21-22-16(18)26-15/h1-6,8H,7H2,(H,20,23)(H2,19,24,25). The van der Waals surface area contributed by atoms with Crippen LogP contribution in [0.4, 0.5) is 5.69 Å². The third-order valence-electron chi connectivity index (χ3n) is 3.51. The van der Waals surface area contributed by atoms with Gasteiger partial charge in [0.25, 0.3) is 0 Å². The van der Waals surface area contributed by atoms with Crippen molar-refractivity contribution >= 4 is 44.8 Å². The Bertz CT molecular complexity index is 1120. The van der Waals surface area contributed by atoms with Crippen molar-refractivity contribution in [2.24, 2.45) is 5.14 Å². The number of aromatic nitrogens is 2. The molecule has 140 valence electrons. The van der Waals surface area contributed by atoms with Gasteiger partial charge in [0.1, 0.15) is 0 Å². The highest BCUT2D eigenvalue weighted by Crippen LogP contribution is 2.29. The molecule has 11 heteroatoms. The number of nitrogens with one attached hydrogen (secondary N) is 1. The van der Waals surface area contributed by atoms with Gasteiger partial charge in [0.15, 0.2) is 0 Å². The van der Waals surface area contributed by atoms with E-state index in [2.05, 4.69) is 15.5 Å². The number of halogens is 2. The molecule has 3 N–H and O–H groups in total. The van der Waals surface area contributed by atoms with Crippen molar-refractivity contribution in [3.8, 4) is 11.5 Å². The summed E-state index contributed by atoms with van der Waals surface area (Å²) >= 11 is 11.6. The van der Waals surface area contributed by atoms with Crippen LogP contribution in [0.2, 0.25) is 10.4 Å². The van der Waals surface area contributed by atoms with Crippen molar-refractivity contribution in [1.29, 1.82) is 0 Å².